The summed E-state index contributed by atoms with van der Waals surface area (Å²) >= 11 is 6.03. The van der Waals surface area contributed by atoms with Crippen LogP contribution in [0.5, 0.6) is 5.75 Å². The van der Waals surface area contributed by atoms with Crippen molar-refractivity contribution in [1.29, 1.82) is 0 Å². The molecule has 0 spiro atoms. The number of amides is 1. The standard InChI is InChI=1S/C17H19ClN2O4S/c1-2-24-16-9-8-13(11-14(16)18)25(22,23)20-15(17(19)21)10-12-6-4-3-5-7-12/h3-9,11,15,20H,2,10H2,1H3,(H2,19,21). The topological polar surface area (TPSA) is 98.5 Å². The molecule has 0 heterocycles. The van der Waals surface area contributed by atoms with Gasteiger partial charge in [0.1, 0.15) is 11.8 Å². The first-order valence-corrected chi connectivity index (χ1v) is 9.47. The molecule has 0 aromatic heterocycles. The first-order chi connectivity index (χ1) is 11.8. The Bertz CT molecular complexity index is 841. The van der Waals surface area contributed by atoms with Crippen molar-refractivity contribution in [2.75, 3.05) is 6.61 Å². The Hall–Kier alpha value is -2.09. The minimum absolute atomic E-state index is 0.0692. The fourth-order valence-corrected chi connectivity index (χ4v) is 3.76. The van der Waals surface area contributed by atoms with E-state index in [0.29, 0.717) is 12.4 Å². The van der Waals surface area contributed by atoms with Crippen molar-refractivity contribution in [3.05, 3.63) is 59.1 Å². The first kappa shape index (κ1) is 19.2. The van der Waals surface area contributed by atoms with Crippen LogP contribution in [-0.4, -0.2) is 27.0 Å². The Morgan fingerprint density at radius 1 is 1.24 bits per heavy atom. The van der Waals surface area contributed by atoms with Crippen molar-refractivity contribution in [3.8, 4) is 5.75 Å². The van der Waals surface area contributed by atoms with Crippen LogP contribution >= 0.6 is 11.6 Å². The number of nitrogens with one attached hydrogen (secondary N) is 1. The van der Waals surface area contributed by atoms with Crippen LogP contribution in [0.2, 0.25) is 5.02 Å². The van der Waals surface area contributed by atoms with Gasteiger partial charge >= 0.3 is 0 Å². The lowest BCUT2D eigenvalue weighted by Gasteiger charge is -2.16. The summed E-state index contributed by atoms with van der Waals surface area (Å²) in [5.41, 5.74) is 6.14. The van der Waals surface area contributed by atoms with E-state index in [1.165, 1.54) is 18.2 Å². The van der Waals surface area contributed by atoms with Crippen LogP contribution in [-0.2, 0) is 21.2 Å². The fraction of sp³-hybridized carbons (Fsp3) is 0.235. The molecule has 1 atom stereocenters. The van der Waals surface area contributed by atoms with Crippen LogP contribution in [0, 0.1) is 0 Å². The van der Waals surface area contributed by atoms with Crippen LogP contribution < -0.4 is 15.2 Å². The molecule has 0 bridgehead atoms. The van der Waals surface area contributed by atoms with Gasteiger partial charge in [-0.1, -0.05) is 41.9 Å². The molecule has 134 valence electrons. The van der Waals surface area contributed by atoms with E-state index in [0.717, 1.165) is 5.56 Å². The molecule has 1 unspecified atom stereocenters. The van der Waals surface area contributed by atoms with Crippen LogP contribution in [0.4, 0.5) is 0 Å². The van der Waals surface area contributed by atoms with Crippen LogP contribution in [0.25, 0.3) is 0 Å². The van der Waals surface area contributed by atoms with E-state index >= 15 is 0 Å². The number of benzene rings is 2. The molecule has 0 aliphatic heterocycles. The largest absolute Gasteiger partial charge is 0.492 e. The molecule has 0 aliphatic rings. The third-order valence-electron chi connectivity index (χ3n) is 3.44. The predicted octanol–water partition coefficient (Wildman–Crippen LogP) is 2.11. The highest BCUT2D eigenvalue weighted by Gasteiger charge is 2.25. The van der Waals surface area contributed by atoms with E-state index in [1.54, 1.807) is 31.2 Å². The molecule has 1 amide bonds. The zero-order valence-electron chi connectivity index (χ0n) is 13.6. The number of carbonyl (C=O) groups is 1. The third-order valence-corrected chi connectivity index (χ3v) is 5.20. The van der Waals surface area contributed by atoms with E-state index in [1.807, 2.05) is 6.07 Å². The summed E-state index contributed by atoms with van der Waals surface area (Å²) in [7, 11) is -3.97. The molecule has 3 N–H and O–H groups in total. The van der Waals surface area contributed by atoms with Gasteiger partial charge in [-0.2, -0.15) is 4.72 Å². The molecule has 6 nitrogen and oxygen atoms in total. The minimum atomic E-state index is -3.97. The smallest absolute Gasteiger partial charge is 0.241 e. The number of carbonyl (C=O) groups excluding carboxylic acids is 1. The molecule has 0 radical (unpaired) electrons. The molecular weight excluding hydrogens is 364 g/mol. The van der Waals surface area contributed by atoms with Crippen molar-refractivity contribution in [2.24, 2.45) is 5.73 Å². The van der Waals surface area contributed by atoms with Gasteiger partial charge in [-0.3, -0.25) is 4.79 Å². The molecule has 2 rings (SSSR count). The molecule has 2 aromatic carbocycles. The van der Waals surface area contributed by atoms with Gasteiger partial charge < -0.3 is 10.5 Å². The maximum absolute atomic E-state index is 12.5. The lowest BCUT2D eigenvalue weighted by atomic mass is 10.1. The molecule has 8 heteroatoms. The number of sulfonamides is 1. The maximum atomic E-state index is 12.5. The van der Waals surface area contributed by atoms with E-state index in [9.17, 15) is 13.2 Å². The quantitative estimate of drug-likeness (QED) is 0.730. The van der Waals surface area contributed by atoms with Crippen molar-refractivity contribution in [1.82, 2.24) is 4.72 Å². The van der Waals surface area contributed by atoms with Gasteiger partial charge in [0, 0.05) is 0 Å². The summed E-state index contributed by atoms with van der Waals surface area (Å²) in [5, 5.41) is 0.170. The van der Waals surface area contributed by atoms with Gasteiger partial charge in [-0.15, -0.1) is 0 Å². The summed E-state index contributed by atoms with van der Waals surface area (Å²) < 4.78 is 32.7. The number of halogens is 1. The molecular formula is C17H19ClN2O4S. The Balaban J connectivity index is 2.22. The molecule has 0 aliphatic carbocycles. The second-order valence-electron chi connectivity index (χ2n) is 5.29. The summed E-state index contributed by atoms with van der Waals surface area (Å²) in [5.74, 6) is -0.372. The van der Waals surface area contributed by atoms with Gasteiger partial charge in [0.2, 0.25) is 15.9 Å². The fourth-order valence-electron chi connectivity index (χ4n) is 2.23. The molecule has 25 heavy (non-hydrogen) atoms. The SMILES string of the molecule is CCOc1ccc(S(=O)(=O)NC(Cc2ccccc2)C(N)=O)cc1Cl. The lowest BCUT2D eigenvalue weighted by Crippen LogP contribution is -2.45. The zero-order chi connectivity index (χ0) is 18.4. The van der Waals surface area contributed by atoms with Gasteiger partial charge in [-0.05, 0) is 37.1 Å². The van der Waals surface area contributed by atoms with E-state index in [2.05, 4.69) is 4.72 Å². The molecule has 0 saturated carbocycles. The summed E-state index contributed by atoms with van der Waals surface area (Å²) in [6, 6.07) is 12.0. The van der Waals surface area contributed by atoms with Gasteiger partial charge in [0.05, 0.1) is 16.5 Å². The Labute approximate surface area is 152 Å². The lowest BCUT2D eigenvalue weighted by molar-refractivity contribution is -0.119. The van der Waals surface area contributed by atoms with Gasteiger partial charge in [-0.25, -0.2) is 8.42 Å². The number of hydrogen-bond donors (Lipinski definition) is 2. The van der Waals surface area contributed by atoms with Crippen molar-refractivity contribution >= 4 is 27.5 Å². The second kappa shape index (κ2) is 8.33. The Kier molecular flexibility index (Phi) is 6.41. The average molecular weight is 383 g/mol. The summed E-state index contributed by atoms with van der Waals surface area (Å²) in [6.07, 6.45) is 0.153. The van der Waals surface area contributed by atoms with Gasteiger partial charge in [0.25, 0.3) is 0 Å². The van der Waals surface area contributed by atoms with E-state index < -0.39 is 22.0 Å². The first-order valence-electron chi connectivity index (χ1n) is 7.61. The average Bonchev–Trinajstić information content (AvgIpc) is 2.57. The number of nitrogens with two attached hydrogens (primary N) is 1. The highest BCUT2D eigenvalue weighted by atomic mass is 35.5. The Morgan fingerprint density at radius 2 is 1.92 bits per heavy atom. The maximum Gasteiger partial charge on any atom is 0.241 e. The number of ether oxygens (including phenoxy) is 1. The molecule has 0 fully saturated rings. The van der Waals surface area contributed by atoms with Crippen molar-refractivity contribution in [3.63, 3.8) is 0 Å². The Morgan fingerprint density at radius 3 is 2.48 bits per heavy atom. The second-order valence-corrected chi connectivity index (χ2v) is 7.41. The predicted molar refractivity (Wildman–Crippen MR) is 96.1 cm³/mol. The van der Waals surface area contributed by atoms with E-state index in [-0.39, 0.29) is 16.3 Å². The molecule has 0 saturated heterocycles. The number of hydrogen-bond acceptors (Lipinski definition) is 4. The number of primary amides is 1. The minimum Gasteiger partial charge on any atom is -0.492 e. The third kappa shape index (κ3) is 5.19. The van der Waals surface area contributed by atoms with Crippen LogP contribution in [0.15, 0.2) is 53.4 Å². The summed E-state index contributed by atoms with van der Waals surface area (Å²) in [6.45, 7) is 2.20. The summed E-state index contributed by atoms with van der Waals surface area (Å²) in [4.78, 5) is 11.6. The van der Waals surface area contributed by atoms with Crippen LogP contribution in [0.3, 0.4) is 0 Å². The van der Waals surface area contributed by atoms with Gasteiger partial charge in [0.15, 0.2) is 0 Å². The van der Waals surface area contributed by atoms with Crippen molar-refractivity contribution < 1.29 is 17.9 Å². The number of rotatable bonds is 8. The zero-order valence-corrected chi connectivity index (χ0v) is 15.2. The monoisotopic (exact) mass is 382 g/mol. The van der Waals surface area contributed by atoms with E-state index in [4.69, 9.17) is 22.1 Å². The highest BCUT2D eigenvalue weighted by Crippen LogP contribution is 2.27. The highest BCUT2D eigenvalue weighted by molar-refractivity contribution is 7.89. The molecule has 2 aromatic rings. The normalized spacial score (nSPS) is 12.6. The van der Waals surface area contributed by atoms with Crippen molar-refractivity contribution in [2.45, 2.75) is 24.3 Å². The van der Waals surface area contributed by atoms with Crippen LogP contribution in [0.1, 0.15) is 12.5 Å².